The van der Waals surface area contributed by atoms with Crippen LogP contribution in [0.4, 0.5) is 5.69 Å². The van der Waals surface area contributed by atoms with Crippen LogP contribution in [0.5, 0.6) is 0 Å². The van der Waals surface area contributed by atoms with Gasteiger partial charge in [-0.15, -0.1) is 0 Å². The summed E-state index contributed by atoms with van der Waals surface area (Å²) >= 11 is 2.15. The smallest absolute Gasteiger partial charge is 0.258 e. The third kappa shape index (κ3) is 4.38. The SMILES string of the molecule is CI.Cc1cc(C=Cc2ccc([N+](=O)[O-])cc2)c2ccccc2n1. The van der Waals surface area contributed by atoms with Gasteiger partial charge >= 0.3 is 0 Å². The molecule has 3 aromatic rings. The number of nitro groups is 1. The van der Waals surface area contributed by atoms with Crippen molar-refractivity contribution in [2.75, 3.05) is 4.93 Å². The second-order valence-electron chi connectivity index (χ2n) is 5.05. The summed E-state index contributed by atoms with van der Waals surface area (Å²) in [5, 5.41) is 11.7. The molecule has 0 saturated carbocycles. The van der Waals surface area contributed by atoms with E-state index in [1.165, 1.54) is 12.1 Å². The Hall–Kier alpha value is -2.28. The van der Waals surface area contributed by atoms with Crippen LogP contribution in [-0.2, 0) is 0 Å². The van der Waals surface area contributed by atoms with Gasteiger partial charge in [0, 0.05) is 23.2 Å². The lowest BCUT2D eigenvalue weighted by atomic mass is 10.1. The molecule has 0 saturated heterocycles. The summed E-state index contributed by atoms with van der Waals surface area (Å²) in [7, 11) is 0. The van der Waals surface area contributed by atoms with Crippen molar-refractivity contribution in [3.05, 3.63) is 81.5 Å². The zero-order valence-electron chi connectivity index (χ0n) is 13.4. The first kappa shape index (κ1) is 18.1. The van der Waals surface area contributed by atoms with Crippen molar-refractivity contribution in [3.63, 3.8) is 0 Å². The summed E-state index contributed by atoms with van der Waals surface area (Å²) in [6.45, 7) is 1.97. The van der Waals surface area contributed by atoms with Gasteiger partial charge in [0.15, 0.2) is 0 Å². The second kappa shape index (κ2) is 8.54. The number of nitrogens with zero attached hydrogens (tertiary/aromatic N) is 2. The van der Waals surface area contributed by atoms with Gasteiger partial charge in [-0.3, -0.25) is 15.1 Å². The van der Waals surface area contributed by atoms with E-state index in [1.54, 1.807) is 12.1 Å². The molecule has 0 spiro atoms. The number of rotatable bonds is 3. The number of para-hydroxylation sites is 1. The maximum atomic E-state index is 10.7. The lowest BCUT2D eigenvalue weighted by molar-refractivity contribution is -0.384. The number of benzene rings is 2. The molecule has 0 aliphatic heterocycles. The number of hydrogen-bond acceptors (Lipinski definition) is 3. The maximum absolute atomic E-state index is 10.7. The van der Waals surface area contributed by atoms with Gasteiger partial charge in [-0.05, 0) is 47.2 Å². The molecule has 2 aromatic carbocycles. The van der Waals surface area contributed by atoms with Gasteiger partial charge in [-0.25, -0.2) is 0 Å². The van der Waals surface area contributed by atoms with Crippen LogP contribution >= 0.6 is 22.6 Å². The number of non-ortho nitro benzene ring substituents is 1. The van der Waals surface area contributed by atoms with E-state index in [1.807, 2.05) is 54.3 Å². The van der Waals surface area contributed by atoms with Crippen LogP contribution in [-0.4, -0.2) is 14.8 Å². The van der Waals surface area contributed by atoms with E-state index in [-0.39, 0.29) is 5.69 Å². The van der Waals surface area contributed by atoms with E-state index in [0.717, 1.165) is 27.7 Å². The van der Waals surface area contributed by atoms with E-state index >= 15 is 0 Å². The van der Waals surface area contributed by atoms with Crippen LogP contribution in [0.1, 0.15) is 16.8 Å². The highest BCUT2D eigenvalue weighted by Crippen LogP contribution is 2.21. The monoisotopic (exact) mass is 432 g/mol. The van der Waals surface area contributed by atoms with Crippen LogP contribution in [0.2, 0.25) is 0 Å². The molecule has 0 bridgehead atoms. The topological polar surface area (TPSA) is 56.0 Å². The average molecular weight is 432 g/mol. The molecule has 3 rings (SSSR count). The second-order valence-corrected chi connectivity index (χ2v) is 5.05. The van der Waals surface area contributed by atoms with E-state index in [2.05, 4.69) is 27.6 Å². The van der Waals surface area contributed by atoms with Crippen LogP contribution in [0.15, 0.2) is 54.6 Å². The van der Waals surface area contributed by atoms with Crippen LogP contribution in [0.25, 0.3) is 23.1 Å². The third-order valence-corrected chi connectivity index (χ3v) is 3.44. The molecule has 0 aliphatic carbocycles. The molecule has 0 unspecified atom stereocenters. The molecule has 24 heavy (non-hydrogen) atoms. The molecule has 0 N–H and O–H groups in total. The minimum Gasteiger partial charge on any atom is -0.258 e. The Labute approximate surface area is 154 Å². The molecule has 1 heterocycles. The summed E-state index contributed by atoms with van der Waals surface area (Å²) in [5.41, 5.74) is 4.03. The fraction of sp³-hybridized carbons (Fsp3) is 0.105. The fourth-order valence-electron chi connectivity index (χ4n) is 2.37. The highest BCUT2D eigenvalue weighted by molar-refractivity contribution is 14.1. The van der Waals surface area contributed by atoms with Crippen molar-refractivity contribution >= 4 is 51.3 Å². The number of hydrogen-bond donors (Lipinski definition) is 0. The van der Waals surface area contributed by atoms with Crippen molar-refractivity contribution in [1.29, 1.82) is 0 Å². The predicted octanol–water partition coefficient (Wildman–Crippen LogP) is 5.67. The first-order valence-electron chi connectivity index (χ1n) is 7.30. The lowest BCUT2D eigenvalue weighted by Gasteiger charge is -2.03. The fourth-order valence-corrected chi connectivity index (χ4v) is 2.37. The van der Waals surface area contributed by atoms with Gasteiger partial charge in [0.25, 0.3) is 5.69 Å². The van der Waals surface area contributed by atoms with Crippen LogP contribution < -0.4 is 0 Å². The Morgan fingerprint density at radius 3 is 2.38 bits per heavy atom. The normalized spacial score (nSPS) is 10.5. The Morgan fingerprint density at radius 2 is 1.71 bits per heavy atom. The minimum absolute atomic E-state index is 0.0994. The van der Waals surface area contributed by atoms with Gasteiger partial charge in [0.1, 0.15) is 0 Å². The maximum Gasteiger partial charge on any atom is 0.269 e. The molecule has 5 heteroatoms. The Kier molecular flexibility index (Phi) is 6.43. The molecule has 0 radical (unpaired) electrons. The summed E-state index contributed by atoms with van der Waals surface area (Å²) < 4.78 is 0. The Morgan fingerprint density at radius 1 is 1.04 bits per heavy atom. The van der Waals surface area contributed by atoms with Crippen molar-refractivity contribution < 1.29 is 4.92 Å². The molecule has 0 fully saturated rings. The van der Waals surface area contributed by atoms with E-state index in [4.69, 9.17) is 0 Å². The van der Waals surface area contributed by atoms with Gasteiger partial charge in [0.05, 0.1) is 10.4 Å². The number of fused-ring (bicyclic) bond motifs is 1. The number of pyridine rings is 1. The van der Waals surface area contributed by atoms with Crippen molar-refractivity contribution in [2.45, 2.75) is 6.92 Å². The first-order chi connectivity index (χ1) is 11.6. The third-order valence-electron chi connectivity index (χ3n) is 3.44. The Balaban J connectivity index is 0.00000100. The summed E-state index contributed by atoms with van der Waals surface area (Å²) in [5.74, 6) is 0. The first-order valence-corrected chi connectivity index (χ1v) is 9.46. The number of halogens is 1. The van der Waals surface area contributed by atoms with Gasteiger partial charge in [-0.2, -0.15) is 0 Å². The van der Waals surface area contributed by atoms with Crippen LogP contribution in [0, 0.1) is 17.0 Å². The number of nitro benzene ring substituents is 1. The summed E-state index contributed by atoms with van der Waals surface area (Å²) in [6.07, 6.45) is 3.96. The highest BCUT2D eigenvalue weighted by Gasteiger charge is 2.03. The molecule has 0 amide bonds. The highest BCUT2D eigenvalue weighted by atomic mass is 127. The Bertz CT molecular complexity index is 874. The number of alkyl halides is 1. The molecule has 1 aromatic heterocycles. The van der Waals surface area contributed by atoms with Gasteiger partial charge in [0.2, 0.25) is 0 Å². The van der Waals surface area contributed by atoms with E-state index in [9.17, 15) is 10.1 Å². The largest absolute Gasteiger partial charge is 0.269 e. The van der Waals surface area contributed by atoms with Crippen molar-refractivity contribution in [1.82, 2.24) is 4.98 Å². The molecule has 122 valence electrons. The molecule has 0 atom stereocenters. The standard InChI is InChI=1S/C18H14N2O2.CH3I/c1-13-12-15(17-4-2-3-5-18(17)19-13)9-6-14-7-10-16(11-8-14)20(21)22;1-2/h2-12H,1H3;1H3. The van der Waals surface area contributed by atoms with Gasteiger partial charge < -0.3 is 0 Å². The van der Waals surface area contributed by atoms with Gasteiger partial charge in [-0.1, -0.05) is 52.9 Å². The minimum atomic E-state index is -0.396. The zero-order chi connectivity index (χ0) is 17.5. The van der Waals surface area contributed by atoms with E-state index in [0.29, 0.717) is 0 Å². The zero-order valence-corrected chi connectivity index (χ0v) is 15.6. The quantitative estimate of drug-likeness (QED) is 0.232. The lowest BCUT2D eigenvalue weighted by Crippen LogP contribution is -1.87. The number of aromatic nitrogens is 1. The summed E-state index contributed by atoms with van der Waals surface area (Å²) in [6, 6.07) is 16.5. The molecular weight excluding hydrogens is 415 g/mol. The molecule has 0 aliphatic rings. The van der Waals surface area contributed by atoms with Crippen molar-refractivity contribution in [3.8, 4) is 0 Å². The molecular formula is C19H17IN2O2. The number of aryl methyl sites for hydroxylation is 1. The predicted molar refractivity (Wildman–Crippen MR) is 108 cm³/mol. The van der Waals surface area contributed by atoms with Crippen molar-refractivity contribution in [2.24, 2.45) is 0 Å². The van der Waals surface area contributed by atoms with Crippen LogP contribution in [0.3, 0.4) is 0 Å². The summed E-state index contributed by atoms with van der Waals surface area (Å²) in [4.78, 5) is 16.7. The molecule has 4 nitrogen and oxygen atoms in total. The average Bonchev–Trinajstić information content (AvgIpc) is 2.61. The van der Waals surface area contributed by atoms with E-state index < -0.39 is 4.92 Å².